The van der Waals surface area contributed by atoms with Crippen molar-refractivity contribution in [3.05, 3.63) is 60.7 Å². The lowest BCUT2D eigenvalue weighted by Gasteiger charge is -2.01. The van der Waals surface area contributed by atoms with Crippen LogP contribution >= 0.6 is 0 Å². The number of esters is 1. The zero-order valence-electron chi connectivity index (χ0n) is 13.2. The van der Waals surface area contributed by atoms with E-state index in [4.69, 9.17) is 4.74 Å². The standard InChI is InChI=1S/C18H13N5O2/c24-16(25-15-3-1-2-10-19-15)9-7-13-6-4-12-5-8-14-18(21-11-20-14)17(12)23-22-13/h1-6,8,10-11H,7,9H2. The number of aromatic nitrogens is 5. The second-order valence-electron chi connectivity index (χ2n) is 5.41. The molecule has 122 valence electrons. The maximum Gasteiger partial charge on any atom is 0.312 e. The predicted molar refractivity (Wildman–Crippen MR) is 90.8 cm³/mol. The van der Waals surface area contributed by atoms with Gasteiger partial charge in [-0.25, -0.2) is 15.0 Å². The van der Waals surface area contributed by atoms with Gasteiger partial charge in [0.05, 0.1) is 17.6 Å². The molecule has 3 aromatic heterocycles. The summed E-state index contributed by atoms with van der Waals surface area (Å²) in [5.41, 5.74) is 2.90. The maximum atomic E-state index is 11.9. The molecule has 0 saturated heterocycles. The third-order valence-corrected chi connectivity index (χ3v) is 3.72. The van der Waals surface area contributed by atoms with Crippen LogP contribution in [0.15, 0.2) is 55.0 Å². The number of aryl methyl sites for hydroxylation is 1. The molecule has 25 heavy (non-hydrogen) atoms. The molecular formula is C18H13N5O2. The van der Waals surface area contributed by atoms with E-state index < -0.39 is 0 Å². The first-order valence-corrected chi connectivity index (χ1v) is 7.77. The van der Waals surface area contributed by atoms with Crippen LogP contribution in [-0.2, 0) is 11.2 Å². The minimum absolute atomic E-state index is 0.192. The summed E-state index contributed by atoms with van der Waals surface area (Å²) in [7, 11) is 0. The second kappa shape index (κ2) is 6.56. The van der Waals surface area contributed by atoms with E-state index in [1.807, 2.05) is 24.3 Å². The minimum atomic E-state index is -0.360. The van der Waals surface area contributed by atoms with Crippen LogP contribution in [0.2, 0.25) is 0 Å². The summed E-state index contributed by atoms with van der Waals surface area (Å²) in [6.45, 7) is 0. The van der Waals surface area contributed by atoms with E-state index in [0.717, 1.165) is 16.4 Å². The molecule has 0 unspecified atom stereocenters. The van der Waals surface area contributed by atoms with Crippen LogP contribution < -0.4 is 4.74 Å². The van der Waals surface area contributed by atoms with Gasteiger partial charge in [-0.1, -0.05) is 18.2 Å². The molecule has 0 spiro atoms. The molecule has 0 atom stereocenters. The molecule has 3 heterocycles. The first kappa shape index (κ1) is 15.1. The zero-order valence-corrected chi connectivity index (χ0v) is 13.2. The number of rotatable bonds is 4. The van der Waals surface area contributed by atoms with Gasteiger partial charge in [0.25, 0.3) is 0 Å². The third kappa shape index (κ3) is 3.25. The van der Waals surface area contributed by atoms with Gasteiger partial charge in [-0.15, -0.1) is 5.10 Å². The molecule has 4 rings (SSSR count). The number of nitrogens with zero attached hydrogens (tertiary/aromatic N) is 5. The second-order valence-corrected chi connectivity index (χ2v) is 5.41. The average Bonchev–Trinajstić information content (AvgIpc) is 3.02. The van der Waals surface area contributed by atoms with Crippen LogP contribution in [-0.4, -0.2) is 31.1 Å². The third-order valence-electron chi connectivity index (χ3n) is 3.72. The lowest BCUT2D eigenvalue weighted by molar-refractivity contribution is -0.134. The highest BCUT2D eigenvalue weighted by Gasteiger charge is 2.08. The Kier molecular flexibility index (Phi) is 3.96. The number of benzene rings is 1. The number of carbonyl (C=O) groups excluding carboxylic acids is 1. The van der Waals surface area contributed by atoms with Crippen molar-refractivity contribution >= 4 is 27.9 Å². The predicted octanol–water partition coefficient (Wildman–Crippen LogP) is 2.51. The number of carbonyl (C=O) groups is 1. The van der Waals surface area contributed by atoms with Crippen molar-refractivity contribution < 1.29 is 9.53 Å². The molecule has 4 aromatic rings. The molecule has 7 nitrogen and oxygen atoms in total. The summed E-state index contributed by atoms with van der Waals surface area (Å²) >= 11 is 0. The number of imidazole rings is 1. The van der Waals surface area contributed by atoms with Crippen molar-refractivity contribution in [3.63, 3.8) is 0 Å². The van der Waals surface area contributed by atoms with Gasteiger partial charge in [0.15, 0.2) is 0 Å². The maximum absolute atomic E-state index is 11.9. The Bertz CT molecular complexity index is 1050. The Balaban J connectivity index is 1.51. The summed E-state index contributed by atoms with van der Waals surface area (Å²) in [5.74, 6) is -0.0685. The first-order valence-electron chi connectivity index (χ1n) is 7.77. The first-order chi connectivity index (χ1) is 12.3. The van der Waals surface area contributed by atoms with Crippen molar-refractivity contribution in [1.82, 2.24) is 25.1 Å². The highest BCUT2D eigenvalue weighted by molar-refractivity contribution is 6.00. The van der Waals surface area contributed by atoms with Crippen molar-refractivity contribution in [2.24, 2.45) is 0 Å². The normalized spacial score (nSPS) is 10.9. The van der Waals surface area contributed by atoms with Crippen LogP contribution in [0.5, 0.6) is 5.88 Å². The lowest BCUT2D eigenvalue weighted by Crippen LogP contribution is -2.10. The van der Waals surface area contributed by atoms with E-state index in [-0.39, 0.29) is 12.4 Å². The molecule has 0 N–H and O–H groups in total. The fraction of sp³-hybridized carbons (Fsp3) is 0.111. The van der Waals surface area contributed by atoms with E-state index in [1.165, 1.54) is 6.33 Å². The van der Waals surface area contributed by atoms with E-state index in [9.17, 15) is 4.79 Å². The lowest BCUT2D eigenvalue weighted by atomic mass is 10.2. The molecule has 0 aliphatic heterocycles. The molecule has 0 aliphatic carbocycles. The molecule has 0 radical (unpaired) electrons. The monoisotopic (exact) mass is 331 g/mol. The van der Waals surface area contributed by atoms with Crippen molar-refractivity contribution in [2.75, 3.05) is 0 Å². The number of fused-ring (bicyclic) bond motifs is 3. The van der Waals surface area contributed by atoms with Crippen molar-refractivity contribution in [2.45, 2.75) is 12.8 Å². The number of ether oxygens (including phenoxy) is 1. The van der Waals surface area contributed by atoms with Gasteiger partial charge < -0.3 is 4.74 Å². The molecule has 0 fully saturated rings. The number of hydrogen-bond acceptors (Lipinski definition) is 7. The van der Waals surface area contributed by atoms with Crippen molar-refractivity contribution in [1.29, 1.82) is 0 Å². The zero-order chi connectivity index (χ0) is 17.1. The molecule has 1 aromatic carbocycles. The SMILES string of the molecule is O=C(CCc1ccc2ccc3ncnc3c2nn1)Oc1ccccn1. The topological polar surface area (TPSA) is 90.8 Å². The fourth-order valence-electron chi connectivity index (χ4n) is 2.48. The van der Waals surface area contributed by atoms with Gasteiger partial charge >= 0.3 is 5.97 Å². The molecule has 0 aliphatic rings. The van der Waals surface area contributed by atoms with Crippen LogP contribution in [0.4, 0.5) is 0 Å². The van der Waals surface area contributed by atoms with Gasteiger partial charge in [0, 0.05) is 24.1 Å². The van der Waals surface area contributed by atoms with Crippen LogP contribution in [0.3, 0.4) is 0 Å². The Morgan fingerprint density at radius 1 is 0.920 bits per heavy atom. The molecule has 0 bridgehead atoms. The fourth-order valence-corrected chi connectivity index (χ4v) is 2.48. The van der Waals surface area contributed by atoms with Gasteiger partial charge in [0.2, 0.25) is 5.88 Å². The van der Waals surface area contributed by atoms with E-state index >= 15 is 0 Å². The molecule has 7 heteroatoms. The van der Waals surface area contributed by atoms with Gasteiger partial charge in [-0.2, -0.15) is 5.10 Å². The Hall–Kier alpha value is -3.48. The Morgan fingerprint density at radius 2 is 1.84 bits per heavy atom. The molecule has 0 amide bonds. The van der Waals surface area contributed by atoms with Gasteiger partial charge in [0.1, 0.15) is 17.4 Å². The summed E-state index contributed by atoms with van der Waals surface area (Å²) < 4.78 is 5.17. The van der Waals surface area contributed by atoms with Gasteiger partial charge in [-0.3, -0.25) is 4.79 Å². The smallest absolute Gasteiger partial charge is 0.312 e. The average molecular weight is 331 g/mol. The minimum Gasteiger partial charge on any atom is -0.407 e. The highest BCUT2D eigenvalue weighted by atomic mass is 16.5. The quantitative estimate of drug-likeness (QED) is 0.531. The number of hydrogen-bond donors (Lipinski definition) is 0. The largest absolute Gasteiger partial charge is 0.407 e. The summed E-state index contributed by atoms with van der Waals surface area (Å²) in [4.78, 5) is 24.3. The summed E-state index contributed by atoms with van der Waals surface area (Å²) in [6.07, 6.45) is 3.70. The van der Waals surface area contributed by atoms with E-state index in [0.29, 0.717) is 23.5 Å². The summed E-state index contributed by atoms with van der Waals surface area (Å²) in [6, 6.07) is 12.8. The van der Waals surface area contributed by atoms with Crippen LogP contribution in [0.1, 0.15) is 12.1 Å². The Morgan fingerprint density at radius 3 is 2.72 bits per heavy atom. The molecule has 0 saturated carbocycles. The van der Waals surface area contributed by atoms with E-state index in [1.54, 1.807) is 24.4 Å². The van der Waals surface area contributed by atoms with Crippen LogP contribution in [0, 0.1) is 0 Å². The number of pyridine rings is 1. The summed E-state index contributed by atoms with van der Waals surface area (Å²) in [5, 5.41) is 9.45. The Labute approximate surface area is 142 Å². The molecular weight excluding hydrogens is 318 g/mol. The van der Waals surface area contributed by atoms with E-state index in [2.05, 4.69) is 25.1 Å². The van der Waals surface area contributed by atoms with Crippen molar-refractivity contribution in [3.8, 4) is 5.88 Å². The van der Waals surface area contributed by atoms with Gasteiger partial charge in [-0.05, 0) is 18.2 Å². The highest BCUT2D eigenvalue weighted by Crippen LogP contribution is 2.19. The van der Waals surface area contributed by atoms with Crippen LogP contribution in [0.25, 0.3) is 21.9 Å².